The van der Waals surface area contributed by atoms with Crippen LogP contribution < -0.4 is 5.73 Å². The average molecular weight is 250 g/mol. The Bertz CT molecular complexity index is 518. The Labute approximate surface area is 106 Å². The average Bonchev–Trinajstić information content (AvgIpc) is 2.85. The normalized spacial score (nSPS) is 11.4. The second kappa shape index (κ2) is 5.32. The van der Waals surface area contributed by atoms with Crippen LogP contribution >= 0.6 is 0 Å². The van der Waals surface area contributed by atoms with Gasteiger partial charge >= 0.3 is 0 Å². The molecule has 2 aromatic rings. The molecule has 0 aliphatic heterocycles. The summed E-state index contributed by atoms with van der Waals surface area (Å²) < 4.78 is 11.1. The summed E-state index contributed by atoms with van der Waals surface area (Å²) in [6.45, 7) is 5.77. The zero-order chi connectivity index (χ0) is 13.1. The Morgan fingerprint density at radius 3 is 2.67 bits per heavy atom. The van der Waals surface area contributed by atoms with Gasteiger partial charge in [0, 0.05) is 13.1 Å². The molecule has 0 aromatic carbocycles. The third-order valence-electron chi connectivity index (χ3n) is 2.65. The number of nitrogens with zero attached hydrogens (tertiary/aromatic N) is 3. The molecule has 0 atom stereocenters. The number of aryl methyl sites for hydroxylation is 2. The van der Waals surface area contributed by atoms with Gasteiger partial charge in [-0.1, -0.05) is 0 Å². The molecule has 0 unspecified atom stereocenters. The molecular formula is C12H18N4O2. The first-order valence-electron chi connectivity index (χ1n) is 5.88. The Balaban J connectivity index is 2.13. The van der Waals surface area contributed by atoms with Gasteiger partial charge in [-0.25, -0.2) is 0 Å². The van der Waals surface area contributed by atoms with Crippen molar-refractivity contribution >= 4 is 0 Å². The van der Waals surface area contributed by atoms with Crippen molar-refractivity contribution in [3.8, 4) is 11.5 Å². The van der Waals surface area contributed by atoms with E-state index in [4.69, 9.17) is 14.6 Å². The zero-order valence-electron chi connectivity index (χ0n) is 10.9. The third kappa shape index (κ3) is 2.77. The summed E-state index contributed by atoms with van der Waals surface area (Å²) in [6.07, 6.45) is 0. The Morgan fingerprint density at radius 2 is 2.06 bits per heavy atom. The number of rotatable bonds is 5. The second-order valence-corrected chi connectivity index (χ2v) is 4.35. The molecule has 6 nitrogen and oxygen atoms in total. The molecule has 0 aliphatic carbocycles. The van der Waals surface area contributed by atoms with Gasteiger partial charge in [-0.2, -0.15) is 0 Å². The van der Waals surface area contributed by atoms with Gasteiger partial charge in [0.15, 0.2) is 0 Å². The first-order valence-corrected chi connectivity index (χ1v) is 5.88. The topological polar surface area (TPSA) is 81.3 Å². The minimum absolute atomic E-state index is 0.500. The smallest absolute Gasteiger partial charge is 0.251 e. The van der Waals surface area contributed by atoms with E-state index in [2.05, 4.69) is 10.2 Å². The van der Waals surface area contributed by atoms with E-state index in [1.807, 2.05) is 31.9 Å². The predicted molar refractivity (Wildman–Crippen MR) is 66.9 cm³/mol. The first-order chi connectivity index (χ1) is 8.60. The fourth-order valence-electron chi connectivity index (χ4n) is 1.80. The first kappa shape index (κ1) is 12.8. The van der Waals surface area contributed by atoms with E-state index in [1.165, 1.54) is 0 Å². The number of nitrogens with two attached hydrogens (primary N) is 1. The van der Waals surface area contributed by atoms with Crippen LogP contribution in [0.4, 0.5) is 0 Å². The van der Waals surface area contributed by atoms with Crippen molar-refractivity contribution in [1.29, 1.82) is 0 Å². The van der Waals surface area contributed by atoms with E-state index < -0.39 is 0 Å². The number of likely N-dealkylation sites (N-methyl/N-ethyl adjacent to an activating group) is 1. The van der Waals surface area contributed by atoms with Crippen LogP contribution in [-0.2, 0) is 6.54 Å². The molecule has 98 valence electrons. The molecule has 2 rings (SSSR count). The molecule has 0 bridgehead atoms. The molecule has 0 saturated carbocycles. The minimum Gasteiger partial charge on any atom is -0.466 e. The van der Waals surface area contributed by atoms with Crippen LogP contribution in [0.3, 0.4) is 0 Å². The Morgan fingerprint density at radius 1 is 1.28 bits per heavy atom. The molecule has 0 amide bonds. The molecule has 2 aromatic heterocycles. The summed E-state index contributed by atoms with van der Waals surface area (Å²) in [5.74, 6) is 2.71. The molecule has 6 heteroatoms. The quantitative estimate of drug-likeness (QED) is 0.862. The monoisotopic (exact) mass is 250 g/mol. The lowest BCUT2D eigenvalue weighted by atomic mass is 10.2. The number of hydrogen-bond donors (Lipinski definition) is 1. The van der Waals surface area contributed by atoms with Crippen molar-refractivity contribution < 1.29 is 8.83 Å². The van der Waals surface area contributed by atoms with Crippen molar-refractivity contribution in [2.45, 2.75) is 20.4 Å². The molecule has 0 saturated heterocycles. The maximum Gasteiger partial charge on any atom is 0.251 e. The van der Waals surface area contributed by atoms with Crippen molar-refractivity contribution in [2.75, 3.05) is 20.1 Å². The molecule has 0 fully saturated rings. The van der Waals surface area contributed by atoms with E-state index in [9.17, 15) is 0 Å². The van der Waals surface area contributed by atoms with Crippen molar-refractivity contribution in [1.82, 2.24) is 15.1 Å². The summed E-state index contributed by atoms with van der Waals surface area (Å²) in [4.78, 5) is 2.03. The summed E-state index contributed by atoms with van der Waals surface area (Å²) in [7, 11) is 1.96. The van der Waals surface area contributed by atoms with Gasteiger partial charge < -0.3 is 14.6 Å². The lowest BCUT2D eigenvalue weighted by molar-refractivity contribution is 0.297. The number of hydrogen-bond acceptors (Lipinski definition) is 6. The van der Waals surface area contributed by atoms with Gasteiger partial charge in [-0.3, -0.25) is 4.90 Å². The lowest BCUT2D eigenvalue weighted by Crippen LogP contribution is -2.25. The van der Waals surface area contributed by atoms with Gasteiger partial charge in [0.25, 0.3) is 5.89 Å². The van der Waals surface area contributed by atoms with Crippen molar-refractivity contribution in [3.05, 3.63) is 23.5 Å². The number of furan rings is 1. The van der Waals surface area contributed by atoms with Crippen LogP contribution in [0.25, 0.3) is 11.5 Å². The zero-order valence-corrected chi connectivity index (χ0v) is 10.9. The van der Waals surface area contributed by atoms with E-state index >= 15 is 0 Å². The molecule has 0 aliphatic rings. The molecule has 2 heterocycles. The van der Waals surface area contributed by atoms with Crippen LogP contribution in [0.1, 0.15) is 17.4 Å². The second-order valence-electron chi connectivity index (χ2n) is 4.35. The van der Waals surface area contributed by atoms with Gasteiger partial charge in [0.1, 0.15) is 11.5 Å². The molecule has 2 N–H and O–H groups in total. The Kier molecular flexibility index (Phi) is 3.78. The summed E-state index contributed by atoms with van der Waals surface area (Å²) >= 11 is 0. The molecular weight excluding hydrogens is 232 g/mol. The highest BCUT2D eigenvalue weighted by Crippen LogP contribution is 2.25. The Hall–Kier alpha value is -1.66. The maximum atomic E-state index is 5.62. The van der Waals surface area contributed by atoms with Gasteiger partial charge in [-0.05, 0) is 27.0 Å². The van der Waals surface area contributed by atoms with Crippen molar-refractivity contribution in [3.63, 3.8) is 0 Å². The highest BCUT2D eigenvalue weighted by Gasteiger charge is 2.15. The SMILES string of the molecule is Cc1cc(-c2nnc(CN(C)CCN)o2)c(C)o1. The predicted octanol–water partition coefficient (Wildman–Crippen LogP) is 1.34. The van der Waals surface area contributed by atoms with Crippen LogP contribution in [0.2, 0.25) is 0 Å². The highest BCUT2D eigenvalue weighted by atomic mass is 16.4. The minimum atomic E-state index is 0.500. The molecule has 18 heavy (non-hydrogen) atoms. The lowest BCUT2D eigenvalue weighted by Gasteiger charge is -2.11. The van der Waals surface area contributed by atoms with E-state index in [0.717, 1.165) is 23.6 Å². The highest BCUT2D eigenvalue weighted by molar-refractivity contribution is 5.55. The fourth-order valence-corrected chi connectivity index (χ4v) is 1.80. The van der Waals surface area contributed by atoms with Gasteiger partial charge in [-0.15, -0.1) is 10.2 Å². The third-order valence-corrected chi connectivity index (χ3v) is 2.65. The van der Waals surface area contributed by atoms with E-state index in [0.29, 0.717) is 24.9 Å². The van der Waals surface area contributed by atoms with E-state index in [-0.39, 0.29) is 0 Å². The van der Waals surface area contributed by atoms with Crippen molar-refractivity contribution in [2.24, 2.45) is 5.73 Å². The molecule has 0 spiro atoms. The van der Waals surface area contributed by atoms with Gasteiger partial charge in [0.2, 0.25) is 5.89 Å². The largest absolute Gasteiger partial charge is 0.466 e. The van der Waals surface area contributed by atoms with Crippen LogP contribution in [0.5, 0.6) is 0 Å². The van der Waals surface area contributed by atoms with Crippen LogP contribution in [0, 0.1) is 13.8 Å². The fraction of sp³-hybridized carbons (Fsp3) is 0.500. The maximum absolute atomic E-state index is 5.62. The summed E-state index contributed by atoms with van der Waals surface area (Å²) in [6, 6.07) is 1.90. The summed E-state index contributed by atoms with van der Waals surface area (Å²) in [5, 5.41) is 8.06. The standard InChI is InChI=1S/C12H18N4O2/c1-8-6-10(9(2)17-8)12-15-14-11(18-12)7-16(3)5-4-13/h6H,4-5,7,13H2,1-3H3. The van der Waals surface area contributed by atoms with Crippen LogP contribution in [0.15, 0.2) is 14.9 Å². The van der Waals surface area contributed by atoms with Gasteiger partial charge in [0.05, 0.1) is 12.1 Å². The molecule has 0 radical (unpaired) electrons. The summed E-state index contributed by atoms with van der Waals surface area (Å²) in [5.41, 5.74) is 6.34. The van der Waals surface area contributed by atoms with Crippen LogP contribution in [-0.4, -0.2) is 35.2 Å². The van der Waals surface area contributed by atoms with E-state index in [1.54, 1.807) is 0 Å². The number of aromatic nitrogens is 2.